The Morgan fingerprint density at radius 3 is 2.71 bits per heavy atom. The van der Waals surface area contributed by atoms with Crippen molar-refractivity contribution in [2.75, 3.05) is 25.1 Å². The molecule has 21 heavy (non-hydrogen) atoms. The summed E-state index contributed by atoms with van der Waals surface area (Å²) in [6, 6.07) is 9.68. The van der Waals surface area contributed by atoms with Gasteiger partial charge in [0.1, 0.15) is 0 Å². The number of nitrogens with one attached hydrogen (secondary N) is 1. The van der Waals surface area contributed by atoms with E-state index >= 15 is 0 Å². The lowest BCUT2D eigenvalue weighted by atomic mass is 10.1. The summed E-state index contributed by atoms with van der Waals surface area (Å²) in [5, 5.41) is 5.52. The molecule has 1 unspecified atom stereocenters. The molecule has 0 aliphatic rings. The number of benzene rings is 1. The van der Waals surface area contributed by atoms with E-state index in [1.807, 2.05) is 12.1 Å². The number of anilines is 2. The minimum Gasteiger partial charge on any atom is -0.399 e. The third-order valence-corrected chi connectivity index (χ3v) is 4.29. The van der Waals surface area contributed by atoms with Gasteiger partial charge in [-0.05, 0) is 36.1 Å². The molecule has 1 aromatic heterocycles. The summed E-state index contributed by atoms with van der Waals surface area (Å²) >= 11 is 1.71. The summed E-state index contributed by atoms with van der Waals surface area (Å²) in [7, 11) is 3.50. The fourth-order valence-corrected chi connectivity index (χ4v) is 3.02. The molecule has 112 valence electrons. The van der Waals surface area contributed by atoms with Crippen molar-refractivity contribution in [3.05, 3.63) is 46.2 Å². The molecule has 0 aliphatic carbocycles. The van der Waals surface area contributed by atoms with E-state index in [2.05, 4.69) is 23.7 Å². The molecule has 0 saturated carbocycles. The van der Waals surface area contributed by atoms with Crippen LogP contribution in [0.4, 0.5) is 11.4 Å². The Bertz CT molecular complexity index is 608. The minimum atomic E-state index is -0.0291. The lowest BCUT2D eigenvalue weighted by Crippen LogP contribution is -2.23. The van der Waals surface area contributed by atoms with Gasteiger partial charge in [0.25, 0.3) is 5.91 Å². The van der Waals surface area contributed by atoms with Gasteiger partial charge in [-0.15, -0.1) is 11.3 Å². The average molecular weight is 303 g/mol. The van der Waals surface area contributed by atoms with Crippen molar-refractivity contribution < 1.29 is 4.79 Å². The maximum absolute atomic E-state index is 12.3. The Kier molecular flexibility index (Phi) is 4.85. The van der Waals surface area contributed by atoms with Gasteiger partial charge in [0.15, 0.2) is 0 Å². The topological polar surface area (TPSA) is 58.4 Å². The highest BCUT2D eigenvalue weighted by Crippen LogP contribution is 2.29. The number of carbonyl (C=O) groups excluding carboxylic acids is 1. The van der Waals surface area contributed by atoms with E-state index in [1.54, 1.807) is 42.5 Å². The van der Waals surface area contributed by atoms with Crippen molar-refractivity contribution in [1.29, 1.82) is 0 Å². The molecule has 2 rings (SSSR count). The number of nitrogens with two attached hydrogens (primary N) is 1. The summed E-state index contributed by atoms with van der Waals surface area (Å²) in [4.78, 5) is 15.1. The molecule has 1 atom stereocenters. The van der Waals surface area contributed by atoms with Crippen LogP contribution in [-0.2, 0) is 0 Å². The number of carbonyl (C=O) groups is 1. The average Bonchev–Trinajstić information content (AvgIpc) is 2.98. The Morgan fingerprint density at radius 2 is 2.14 bits per heavy atom. The van der Waals surface area contributed by atoms with Gasteiger partial charge in [-0.2, -0.15) is 0 Å². The van der Waals surface area contributed by atoms with Gasteiger partial charge in [-0.25, -0.2) is 0 Å². The molecule has 4 nitrogen and oxygen atoms in total. The van der Waals surface area contributed by atoms with Gasteiger partial charge in [0.05, 0.1) is 11.6 Å². The summed E-state index contributed by atoms with van der Waals surface area (Å²) in [6.45, 7) is 2.12. The Morgan fingerprint density at radius 1 is 1.38 bits per heavy atom. The number of hydrogen-bond donors (Lipinski definition) is 2. The summed E-state index contributed by atoms with van der Waals surface area (Å²) in [5.74, 6) is -0.0291. The quantitative estimate of drug-likeness (QED) is 0.830. The van der Waals surface area contributed by atoms with E-state index in [-0.39, 0.29) is 11.9 Å². The molecule has 3 N–H and O–H groups in total. The van der Waals surface area contributed by atoms with Gasteiger partial charge >= 0.3 is 0 Å². The van der Waals surface area contributed by atoms with Gasteiger partial charge < -0.3 is 16.0 Å². The first-order valence-electron chi connectivity index (χ1n) is 6.94. The van der Waals surface area contributed by atoms with Crippen molar-refractivity contribution in [3.8, 4) is 0 Å². The fourth-order valence-electron chi connectivity index (χ4n) is 2.16. The zero-order chi connectivity index (χ0) is 15.4. The SMILES string of the molecule is CCC(Nc1cc(N)ccc1C(=O)N(C)C)c1cccs1. The highest BCUT2D eigenvalue weighted by Gasteiger charge is 2.17. The smallest absolute Gasteiger partial charge is 0.255 e. The van der Waals surface area contributed by atoms with Crippen LogP contribution in [0.2, 0.25) is 0 Å². The van der Waals surface area contributed by atoms with Crippen LogP contribution in [0, 0.1) is 0 Å². The zero-order valence-electron chi connectivity index (χ0n) is 12.6. The minimum absolute atomic E-state index is 0.0291. The van der Waals surface area contributed by atoms with Crippen LogP contribution >= 0.6 is 11.3 Å². The van der Waals surface area contributed by atoms with Crippen LogP contribution in [-0.4, -0.2) is 24.9 Å². The van der Waals surface area contributed by atoms with E-state index in [1.165, 1.54) is 4.88 Å². The maximum Gasteiger partial charge on any atom is 0.255 e. The Balaban J connectivity index is 2.33. The van der Waals surface area contributed by atoms with Crippen molar-refractivity contribution in [3.63, 3.8) is 0 Å². The molecule has 1 aromatic carbocycles. The highest BCUT2D eigenvalue weighted by atomic mass is 32.1. The van der Waals surface area contributed by atoms with E-state index in [0.29, 0.717) is 11.3 Å². The predicted octanol–water partition coefficient (Wildman–Crippen LogP) is 3.60. The molecular formula is C16H21N3OS. The number of thiophene rings is 1. The molecule has 0 radical (unpaired) electrons. The van der Waals surface area contributed by atoms with Crippen LogP contribution in [0.3, 0.4) is 0 Å². The van der Waals surface area contributed by atoms with Crippen molar-refractivity contribution in [1.82, 2.24) is 4.90 Å². The largest absolute Gasteiger partial charge is 0.399 e. The zero-order valence-corrected chi connectivity index (χ0v) is 13.4. The van der Waals surface area contributed by atoms with E-state index < -0.39 is 0 Å². The predicted molar refractivity (Wildman–Crippen MR) is 89.8 cm³/mol. The second kappa shape index (κ2) is 6.63. The monoisotopic (exact) mass is 303 g/mol. The summed E-state index contributed by atoms with van der Waals surface area (Å²) in [5.41, 5.74) is 7.95. The molecule has 0 spiro atoms. The number of nitrogen functional groups attached to an aromatic ring is 1. The van der Waals surface area contributed by atoms with Crippen LogP contribution in [0.15, 0.2) is 35.7 Å². The summed E-state index contributed by atoms with van der Waals surface area (Å²) in [6.07, 6.45) is 0.935. The number of hydrogen-bond acceptors (Lipinski definition) is 4. The Labute approximate surface area is 129 Å². The number of rotatable bonds is 5. The van der Waals surface area contributed by atoms with Gasteiger partial charge in [-0.1, -0.05) is 13.0 Å². The standard InChI is InChI=1S/C16H21N3OS/c1-4-13(15-6-5-9-21-15)18-14-10-11(17)7-8-12(14)16(20)19(2)3/h5-10,13,18H,4,17H2,1-3H3. The van der Waals surface area contributed by atoms with Gasteiger partial charge in [-0.3, -0.25) is 4.79 Å². The molecule has 1 amide bonds. The highest BCUT2D eigenvalue weighted by molar-refractivity contribution is 7.10. The first-order chi connectivity index (χ1) is 10.0. The van der Waals surface area contributed by atoms with Crippen LogP contribution < -0.4 is 11.1 Å². The summed E-state index contributed by atoms with van der Waals surface area (Å²) < 4.78 is 0. The van der Waals surface area contributed by atoms with Gasteiger partial charge in [0.2, 0.25) is 0 Å². The molecule has 0 saturated heterocycles. The first kappa shape index (κ1) is 15.4. The Hall–Kier alpha value is -2.01. The molecular weight excluding hydrogens is 282 g/mol. The first-order valence-corrected chi connectivity index (χ1v) is 7.82. The van der Waals surface area contributed by atoms with E-state index in [4.69, 9.17) is 5.73 Å². The van der Waals surface area contributed by atoms with Crippen molar-refractivity contribution in [2.45, 2.75) is 19.4 Å². The van der Waals surface area contributed by atoms with E-state index in [0.717, 1.165) is 12.1 Å². The van der Waals surface area contributed by atoms with Crippen molar-refractivity contribution in [2.24, 2.45) is 0 Å². The lowest BCUT2D eigenvalue weighted by molar-refractivity contribution is 0.0828. The molecule has 0 bridgehead atoms. The van der Waals surface area contributed by atoms with Gasteiger partial charge in [0, 0.05) is 30.3 Å². The fraction of sp³-hybridized carbons (Fsp3) is 0.312. The second-order valence-corrected chi connectivity index (χ2v) is 6.10. The van der Waals surface area contributed by atoms with E-state index in [9.17, 15) is 4.79 Å². The molecule has 5 heteroatoms. The number of nitrogens with zero attached hydrogens (tertiary/aromatic N) is 1. The van der Waals surface area contributed by atoms with Crippen molar-refractivity contribution >= 4 is 28.6 Å². The number of amides is 1. The molecule has 2 aromatic rings. The normalized spacial score (nSPS) is 12.0. The second-order valence-electron chi connectivity index (χ2n) is 5.13. The molecule has 1 heterocycles. The van der Waals surface area contributed by atoms with Crippen LogP contribution in [0.5, 0.6) is 0 Å². The third-order valence-electron chi connectivity index (χ3n) is 3.30. The molecule has 0 fully saturated rings. The van der Waals surface area contributed by atoms with Crippen LogP contribution in [0.1, 0.15) is 34.6 Å². The van der Waals surface area contributed by atoms with Crippen LogP contribution in [0.25, 0.3) is 0 Å². The lowest BCUT2D eigenvalue weighted by Gasteiger charge is -2.21. The maximum atomic E-state index is 12.3. The molecule has 0 aliphatic heterocycles. The third kappa shape index (κ3) is 3.55.